The standard InChI is InChI=1S/C13H16ClN3O2/c1-9(18)15-10-5-7-17(8-6-10)13(19)11-3-2-4-12(14)16-11/h2-4,10H,5-8H2,1H3,(H,15,18). The summed E-state index contributed by atoms with van der Waals surface area (Å²) in [5.41, 5.74) is 0.366. The quantitative estimate of drug-likeness (QED) is 0.835. The number of halogens is 1. The van der Waals surface area contributed by atoms with Gasteiger partial charge in [0.1, 0.15) is 10.8 Å². The Morgan fingerprint density at radius 2 is 2.05 bits per heavy atom. The minimum atomic E-state index is -0.108. The highest BCUT2D eigenvalue weighted by molar-refractivity contribution is 6.29. The Hall–Kier alpha value is -1.62. The van der Waals surface area contributed by atoms with E-state index >= 15 is 0 Å². The van der Waals surface area contributed by atoms with Gasteiger partial charge in [0.2, 0.25) is 5.91 Å². The van der Waals surface area contributed by atoms with E-state index in [2.05, 4.69) is 10.3 Å². The van der Waals surface area contributed by atoms with Crippen molar-refractivity contribution in [1.82, 2.24) is 15.2 Å². The summed E-state index contributed by atoms with van der Waals surface area (Å²) < 4.78 is 0. The summed E-state index contributed by atoms with van der Waals surface area (Å²) in [6, 6.07) is 5.18. The number of rotatable bonds is 2. The monoisotopic (exact) mass is 281 g/mol. The maximum atomic E-state index is 12.2. The van der Waals surface area contributed by atoms with Crippen molar-refractivity contribution in [3.05, 3.63) is 29.0 Å². The number of nitrogens with zero attached hydrogens (tertiary/aromatic N) is 2. The second kappa shape index (κ2) is 6.02. The average molecular weight is 282 g/mol. The van der Waals surface area contributed by atoms with Crippen LogP contribution in [0.5, 0.6) is 0 Å². The van der Waals surface area contributed by atoms with Crippen molar-refractivity contribution in [1.29, 1.82) is 0 Å². The predicted molar refractivity (Wildman–Crippen MR) is 72.0 cm³/mol. The van der Waals surface area contributed by atoms with Gasteiger partial charge in [-0.15, -0.1) is 0 Å². The van der Waals surface area contributed by atoms with Crippen molar-refractivity contribution in [3.8, 4) is 0 Å². The van der Waals surface area contributed by atoms with Gasteiger partial charge < -0.3 is 10.2 Å². The lowest BCUT2D eigenvalue weighted by molar-refractivity contribution is -0.119. The van der Waals surface area contributed by atoms with Crippen LogP contribution in [0.3, 0.4) is 0 Å². The van der Waals surface area contributed by atoms with Gasteiger partial charge in [0.15, 0.2) is 0 Å². The number of carbonyl (C=O) groups excluding carboxylic acids is 2. The van der Waals surface area contributed by atoms with Crippen molar-refractivity contribution in [2.45, 2.75) is 25.8 Å². The smallest absolute Gasteiger partial charge is 0.272 e. The van der Waals surface area contributed by atoms with Crippen LogP contribution in [0.15, 0.2) is 18.2 Å². The van der Waals surface area contributed by atoms with Gasteiger partial charge in [0, 0.05) is 26.1 Å². The molecule has 5 nitrogen and oxygen atoms in total. The van der Waals surface area contributed by atoms with Crippen LogP contribution in [0, 0.1) is 0 Å². The molecule has 1 fully saturated rings. The minimum Gasteiger partial charge on any atom is -0.353 e. The Labute approximate surface area is 117 Å². The molecule has 0 bridgehead atoms. The second-order valence-corrected chi connectivity index (χ2v) is 5.00. The molecule has 6 heteroatoms. The molecular formula is C13H16ClN3O2. The van der Waals surface area contributed by atoms with Crippen LogP contribution in [-0.4, -0.2) is 40.8 Å². The van der Waals surface area contributed by atoms with Crippen molar-refractivity contribution in [2.75, 3.05) is 13.1 Å². The highest BCUT2D eigenvalue weighted by Crippen LogP contribution is 2.14. The van der Waals surface area contributed by atoms with Gasteiger partial charge in [0.05, 0.1) is 0 Å². The van der Waals surface area contributed by atoms with Crippen molar-refractivity contribution < 1.29 is 9.59 Å². The molecule has 2 rings (SSSR count). The van der Waals surface area contributed by atoms with Crippen LogP contribution in [-0.2, 0) is 4.79 Å². The Morgan fingerprint density at radius 1 is 1.37 bits per heavy atom. The molecule has 1 aliphatic heterocycles. The van der Waals surface area contributed by atoms with Gasteiger partial charge in [0.25, 0.3) is 5.91 Å². The number of aromatic nitrogens is 1. The first kappa shape index (κ1) is 13.8. The van der Waals surface area contributed by atoms with Crippen LogP contribution < -0.4 is 5.32 Å². The van der Waals surface area contributed by atoms with E-state index in [0.717, 1.165) is 12.8 Å². The maximum absolute atomic E-state index is 12.2. The fourth-order valence-electron chi connectivity index (χ4n) is 2.20. The zero-order valence-electron chi connectivity index (χ0n) is 10.7. The number of likely N-dealkylation sites (tertiary alicyclic amines) is 1. The SMILES string of the molecule is CC(=O)NC1CCN(C(=O)c2cccc(Cl)n2)CC1. The van der Waals surface area contributed by atoms with Gasteiger partial charge >= 0.3 is 0 Å². The van der Waals surface area contributed by atoms with E-state index in [1.807, 2.05) is 0 Å². The van der Waals surface area contributed by atoms with Crippen molar-refractivity contribution in [3.63, 3.8) is 0 Å². The predicted octanol–water partition coefficient (Wildman–Crippen LogP) is 1.48. The van der Waals surface area contributed by atoms with E-state index in [0.29, 0.717) is 23.9 Å². The fourth-order valence-corrected chi connectivity index (χ4v) is 2.37. The summed E-state index contributed by atoms with van der Waals surface area (Å²) in [5.74, 6) is -0.134. The molecule has 0 aliphatic carbocycles. The number of amides is 2. The van der Waals surface area contributed by atoms with Crippen molar-refractivity contribution >= 4 is 23.4 Å². The van der Waals surface area contributed by atoms with E-state index in [9.17, 15) is 9.59 Å². The Balaban J connectivity index is 1.94. The summed E-state index contributed by atoms with van der Waals surface area (Å²) in [7, 11) is 0. The van der Waals surface area contributed by atoms with E-state index in [1.165, 1.54) is 6.92 Å². The molecule has 1 aromatic heterocycles. The third-order valence-corrected chi connectivity index (χ3v) is 3.33. The number of piperidine rings is 1. The topological polar surface area (TPSA) is 62.3 Å². The number of carbonyl (C=O) groups is 2. The number of nitrogens with one attached hydrogen (secondary N) is 1. The van der Waals surface area contributed by atoms with Gasteiger partial charge in [-0.2, -0.15) is 0 Å². The molecule has 19 heavy (non-hydrogen) atoms. The number of hydrogen-bond acceptors (Lipinski definition) is 3. The lowest BCUT2D eigenvalue weighted by atomic mass is 10.0. The average Bonchev–Trinajstić information content (AvgIpc) is 2.38. The number of hydrogen-bond donors (Lipinski definition) is 1. The highest BCUT2D eigenvalue weighted by atomic mass is 35.5. The molecule has 0 unspecified atom stereocenters. The molecule has 1 saturated heterocycles. The Bertz CT molecular complexity index is 485. The molecule has 1 aromatic rings. The van der Waals surface area contributed by atoms with Crippen LogP contribution in [0.4, 0.5) is 0 Å². The molecule has 102 valence electrons. The van der Waals surface area contributed by atoms with Gasteiger partial charge in [-0.05, 0) is 25.0 Å². The Morgan fingerprint density at radius 3 is 2.63 bits per heavy atom. The molecule has 0 radical (unpaired) electrons. The summed E-state index contributed by atoms with van der Waals surface area (Å²) in [4.78, 5) is 28.9. The third kappa shape index (κ3) is 3.67. The molecule has 0 saturated carbocycles. The second-order valence-electron chi connectivity index (χ2n) is 4.61. The lowest BCUT2D eigenvalue weighted by Gasteiger charge is -2.32. The van der Waals surface area contributed by atoms with Gasteiger partial charge in [-0.25, -0.2) is 4.98 Å². The molecule has 1 aliphatic rings. The molecule has 0 aromatic carbocycles. The maximum Gasteiger partial charge on any atom is 0.272 e. The number of pyridine rings is 1. The summed E-state index contributed by atoms with van der Waals surface area (Å²) in [6.07, 6.45) is 1.54. The van der Waals surface area contributed by atoms with E-state index < -0.39 is 0 Å². The molecule has 0 spiro atoms. The molecule has 2 amide bonds. The fraction of sp³-hybridized carbons (Fsp3) is 0.462. The normalized spacial score (nSPS) is 16.2. The van der Waals surface area contributed by atoms with Crippen LogP contribution in [0.2, 0.25) is 5.15 Å². The largest absolute Gasteiger partial charge is 0.353 e. The van der Waals surface area contributed by atoms with E-state index in [1.54, 1.807) is 23.1 Å². The zero-order valence-corrected chi connectivity index (χ0v) is 11.5. The van der Waals surface area contributed by atoms with Gasteiger partial charge in [-0.1, -0.05) is 17.7 Å². The van der Waals surface area contributed by atoms with Crippen molar-refractivity contribution in [2.24, 2.45) is 0 Å². The molecule has 2 heterocycles. The summed E-state index contributed by atoms with van der Waals surface area (Å²) in [6.45, 7) is 2.75. The van der Waals surface area contributed by atoms with Crippen LogP contribution >= 0.6 is 11.6 Å². The third-order valence-electron chi connectivity index (χ3n) is 3.12. The van der Waals surface area contributed by atoms with Gasteiger partial charge in [-0.3, -0.25) is 9.59 Å². The van der Waals surface area contributed by atoms with E-state index in [4.69, 9.17) is 11.6 Å². The summed E-state index contributed by atoms with van der Waals surface area (Å²) in [5, 5.41) is 3.19. The summed E-state index contributed by atoms with van der Waals surface area (Å²) >= 11 is 5.78. The van der Waals surface area contributed by atoms with Crippen LogP contribution in [0.25, 0.3) is 0 Å². The first-order chi connectivity index (χ1) is 9.06. The van der Waals surface area contributed by atoms with E-state index in [-0.39, 0.29) is 17.9 Å². The minimum absolute atomic E-state index is 0.0266. The lowest BCUT2D eigenvalue weighted by Crippen LogP contribution is -2.46. The molecule has 1 N–H and O–H groups in total. The molecular weight excluding hydrogens is 266 g/mol. The zero-order chi connectivity index (χ0) is 13.8. The first-order valence-electron chi connectivity index (χ1n) is 6.25. The van der Waals surface area contributed by atoms with Crippen LogP contribution in [0.1, 0.15) is 30.3 Å². The highest BCUT2D eigenvalue weighted by Gasteiger charge is 2.24. The molecule has 0 atom stereocenters. The first-order valence-corrected chi connectivity index (χ1v) is 6.63. The Kier molecular flexibility index (Phi) is 4.37.